The van der Waals surface area contributed by atoms with Crippen molar-refractivity contribution in [1.29, 1.82) is 0 Å². The molecule has 4 aromatic rings. The van der Waals surface area contributed by atoms with Gasteiger partial charge in [-0.15, -0.1) is 0 Å². The molecule has 0 aliphatic heterocycles. The highest BCUT2D eigenvalue weighted by Crippen LogP contribution is 2.56. The predicted molar refractivity (Wildman–Crippen MR) is 114 cm³/mol. The number of nitrogens with two attached hydrogens (primary N) is 1. The smallest absolute Gasteiger partial charge is 0.0349 e. The molecule has 1 nitrogen and oxygen atoms in total. The third kappa shape index (κ3) is 2.22. The van der Waals surface area contributed by atoms with Crippen molar-refractivity contribution in [1.82, 2.24) is 0 Å². The topological polar surface area (TPSA) is 26.0 Å². The minimum atomic E-state index is 0.371. The molecule has 0 saturated carbocycles. The number of aryl methyl sites for hydroxylation is 1. The molecule has 2 bridgehead atoms. The van der Waals surface area contributed by atoms with E-state index in [-0.39, 0.29) is 0 Å². The fraction of sp³-hybridized carbons (Fsp3) is 0.154. The van der Waals surface area contributed by atoms with Gasteiger partial charge in [0.25, 0.3) is 0 Å². The van der Waals surface area contributed by atoms with Crippen molar-refractivity contribution in [2.75, 3.05) is 7.05 Å². The quantitative estimate of drug-likeness (QED) is 0.373. The highest BCUT2D eigenvalue weighted by Gasteiger charge is 2.41. The molecule has 2 N–H and O–H groups in total. The second-order valence-corrected chi connectivity index (χ2v) is 7.46. The molecule has 2 atom stereocenters. The van der Waals surface area contributed by atoms with Gasteiger partial charge >= 0.3 is 0 Å². The first kappa shape index (κ1) is 16.3. The largest absolute Gasteiger partial charge is 0.333 e. The minimum absolute atomic E-state index is 0.371. The first-order valence-corrected chi connectivity index (χ1v) is 9.61. The molecule has 7 rings (SSSR count). The van der Waals surface area contributed by atoms with Crippen molar-refractivity contribution in [3.05, 3.63) is 118 Å². The zero-order chi connectivity index (χ0) is 18.5. The molecule has 3 aliphatic rings. The lowest BCUT2D eigenvalue weighted by molar-refractivity contribution is 0.755. The van der Waals surface area contributed by atoms with Gasteiger partial charge < -0.3 is 5.73 Å². The minimum Gasteiger partial charge on any atom is -0.333 e. The lowest BCUT2D eigenvalue weighted by Crippen LogP contribution is -2.27. The van der Waals surface area contributed by atoms with E-state index in [9.17, 15) is 0 Å². The lowest BCUT2D eigenvalue weighted by Gasteiger charge is -2.42. The summed E-state index contributed by atoms with van der Waals surface area (Å²) in [4.78, 5) is 0. The normalized spacial score (nSPS) is 18.2. The van der Waals surface area contributed by atoms with Gasteiger partial charge in [-0.1, -0.05) is 72.3 Å². The van der Waals surface area contributed by atoms with Gasteiger partial charge in [-0.3, -0.25) is 0 Å². The van der Waals surface area contributed by atoms with Crippen LogP contribution in [0.4, 0.5) is 0 Å². The maximum absolute atomic E-state index is 4.50. The molecule has 0 amide bonds. The van der Waals surface area contributed by atoms with Gasteiger partial charge in [-0.2, -0.15) is 0 Å². The molecular weight excluding hydrogens is 326 g/mol. The van der Waals surface area contributed by atoms with Crippen LogP contribution >= 0.6 is 0 Å². The Kier molecular flexibility index (Phi) is 3.66. The standard InChI is InChI=1S/C25H18.CH5N/c1-15-10-11-20-21(12-15)25-19-9-5-4-8-18(19)24(20)22-13-16-6-2-3-7-17(16)14-23(22)25;1-2/h2-14,24-25H,1H3;2H2,1H3. The van der Waals surface area contributed by atoms with Crippen LogP contribution in [0.1, 0.15) is 50.8 Å². The number of hydrogen-bond acceptors (Lipinski definition) is 1. The van der Waals surface area contributed by atoms with Gasteiger partial charge in [0, 0.05) is 11.8 Å². The van der Waals surface area contributed by atoms with Gasteiger partial charge in [-0.05, 0) is 70.3 Å². The van der Waals surface area contributed by atoms with E-state index >= 15 is 0 Å². The van der Waals surface area contributed by atoms with E-state index < -0.39 is 0 Å². The van der Waals surface area contributed by atoms with Crippen LogP contribution in [0.5, 0.6) is 0 Å². The summed E-state index contributed by atoms with van der Waals surface area (Å²) in [6.07, 6.45) is 0. The summed E-state index contributed by atoms with van der Waals surface area (Å²) in [7, 11) is 1.50. The SMILES string of the molecule is CN.Cc1ccc2c(c1)C1c3ccccc3C2c2cc3ccccc3cc21. The van der Waals surface area contributed by atoms with Crippen LogP contribution in [0.15, 0.2) is 78.9 Å². The third-order valence-electron chi connectivity index (χ3n) is 6.06. The van der Waals surface area contributed by atoms with Gasteiger partial charge in [0.05, 0.1) is 0 Å². The van der Waals surface area contributed by atoms with Crippen LogP contribution in [0, 0.1) is 6.92 Å². The Labute approximate surface area is 160 Å². The molecule has 0 aromatic heterocycles. The number of rotatable bonds is 0. The first-order chi connectivity index (χ1) is 13.3. The second-order valence-electron chi connectivity index (χ2n) is 7.46. The van der Waals surface area contributed by atoms with E-state index in [1.54, 1.807) is 0 Å². The summed E-state index contributed by atoms with van der Waals surface area (Å²) < 4.78 is 0. The average Bonchev–Trinajstić information content (AvgIpc) is 2.73. The Morgan fingerprint density at radius 1 is 0.519 bits per heavy atom. The Balaban J connectivity index is 0.000000777. The van der Waals surface area contributed by atoms with Crippen molar-refractivity contribution in [3.63, 3.8) is 0 Å². The van der Waals surface area contributed by atoms with Gasteiger partial charge in [0.1, 0.15) is 0 Å². The fourth-order valence-corrected chi connectivity index (χ4v) is 5.02. The number of hydrogen-bond donors (Lipinski definition) is 1. The summed E-state index contributed by atoms with van der Waals surface area (Å²) >= 11 is 0. The molecule has 1 heteroatoms. The zero-order valence-corrected chi connectivity index (χ0v) is 15.7. The molecule has 0 heterocycles. The van der Waals surface area contributed by atoms with E-state index in [0.29, 0.717) is 11.8 Å². The first-order valence-electron chi connectivity index (χ1n) is 9.61. The van der Waals surface area contributed by atoms with Crippen molar-refractivity contribution in [2.24, 2.45) is 5.73 Å². The molecule has 0 fully saturated rings. The van der Waals surface area contributed by atoms with E-state index in [2.05, 4.69) is 91.5 Å². The Bertz CT molecular complexity index is 1170. The van der Waals surface area contributed by atoms with Gasteiger partial charge in [0.15, 0.2) is 0 Å². The maximum Gasteiger partial charge on any atom is 0.0349 e. The van der Waals surface area contributed by atoms with Crippen molar-refractivity contribution >= 4 is 10.8 Å². The Hall–Kier alpha value is -2.90. The summed E-state index contributed by atoms with van der Waals surface area (Å²) in [6, 6.07) is 29.7. The summed E-state index contributed by atoms with van der Waals surface area (Å²) in [5.41, 5.74) is 14.8. The highest BCUT2D eigenvalue weighted by atomic mass is 14.4. The molecular formula is C26H23N. The third-order valence-corrected chi connectivity index (χ3v) is 6.06. The molecule has 2 unspecified atom stereocenters. The second kappa shape index (κ2) is 6.07. The molecule has 4 aromatic carbocycles. The molecule has 0 radical (unpaired) electrons. The van der Waals surface area contributed by atoms with E-state index in [0.717, 1.165) is 0 Å². The van der Waals surface area contributed by atoms with E-state index in [1.165, 1.54) is 56.8 Å². The molecule has 132 valence electrons. The van der Waals surface area contributed by atoms with Crippen LogP contribution in [0.25, 0.3) is 10.8 Å². The fourth-order valence-electron chi connectivity index (χ4n) is 5.02. The lowest BCUT2D eigenvalue weighted by atomic mass is 9.60. The Morgan fingerprint density at radius 2 is 0.963 bits per heavy atom. The molecule has 0 spiro atoms. The monoisotopic (exact) mass is 349 g/mol. The van der Waals surface area contributed by atoms with Crippen LogP contribution in [-0.2, 0) is 0 Å². The average molecular weight is 349 g/mol. The molecule has 3 aliphatic carbocycles. The van der Waals surface area contributed by atoms with Crippen molar-refractivity contribution < 1.29 is 0 Å². The number of fused-ring (bicyclic) bond motifs is 1. The van der Waals surface area contributed by atoms with Crippen LogP contribution in [-0.4, -0.2) is 7.05 Å². The van der Waals surface area contributed by atoms with Crippen molar-refractivity contribution in [2.45, 2.75) is 18.8 Å². The van der Waals surface area contributed by atoms with Crippen molar-refractivity contribution in [3.8, 4) is 0 Å². The van der Waals surface area contributed by atoms with Crippen LogP contribution < -0.4 is 5.73 Å². The van der Waals surface area contributed by atoms with E-state index in [1.807, 2.05) is 0 Å². The maximum atomic E-state index is 4.50. The predicted octanol–water partition coefficient (Wildman–Crippen LogP) is 5.71. The van der Waals surface area contributed by atoms with Gasteiger partial charge in [-0.25, -0.2) is 0 Å². The van der Waals surface area contributed by atoms with E-state index in [4.69, 9.17) is 0 Å². The van der Waals surface area contributed by atoms with Crippen LogP contribution in [0.2, 0.25) is 0 Å². The summed E-state index contributed by atoms with van der Waals surface area (Å²) in [6.45, 7) is 2.20. The number of benzene rings is 4. The molecule has 27 heavy (non-hydrogen) atoms. The summed E-state index contributed by atoms with van der Waals surface area (Å²) in [5.74, 6) is 0.743. The molecule has 0 saturated heterocycles. The highest BCUT2D eigenvalue weighted by molar-refractivity contribution is 5.86. The van der Waals surface area contributed by atoms with Crippen LogP contribution in [0.3, 0.4) is 0 Å². The summed E-state index contributed by atoms with van der Waals surface area (Å²) in [5, 5.41) is 2.69. The van der Waals surface area contributed by atoms with Gasteiger partial charge in [0.2, 0.25) is 0 Å². The zero-order valence-electron chi connectivity index (χ0n) is 15.7. The Morgan fingerprint density at radius 3 is 1.56 bits per heavy atom.